The number of thioether (sulfide) groups is 1. The number of hydrogen-bond acceptors (Lipinski definition) is 6. The number of fused-ring (bicyclic) bond motifs is 1. The number of rotatable bonds is 4. The van der Waals surface area contributed by atoms with Gasteiger partial charge in [0.1, 0.15) is 12.0 Å². The number of aliphatic hydroxyl groups is 1. The Morgan fingerprint density at radius 3 is 2.37 bits per heavy atom. The Morgan fingerprint density at radius 1 is 1.30 bits per heavy atom. The van der Waals surface area contributed by atoms with Crippen LogP contribution in [-0.4, -0.2) is 57.1 Å². The fourth-order valence-electron chi connectivity index (χ4n) is 3.56. The van der Waals surface area contributed by atoms with Crippen LogP contribution in [-0.2, 0) is 14.4 Å². The standard InChI is InChI=1S/C18H22N2O5S.Na/c1-9-5-7-10(8-6-9)19(4)15(23)12(21)11-14(22)20-13(17(24)25)18(2,3)26-16(11)20;/h5-8,11-13,16,21H,1-4H3,(H,24,25);/q;+1/p-1/t11-,12+,13+,16-;/m1./s1. The first-order valence-electron chi connectivity index (χ1n) is 8.29. The molecule has 0 bridgehead atoms. The summed E-state index contributed by atoms with van der Waals surface area (Å²) in [7, 11) is 1.53. The number of hydrogen-bond donors (Lipinski definition) is 1. The van der Waals surface area contributed by atoms with Crippen LogP contribution in [0, 0.1) is 12.8 Å². The van der Waals surface area contributed by atoms with Gasteiger partial charge in [0.15, 0.2) is 0 Å². The van der Waals surface area contributed by atoms with Crippen LogP contribution in [0.3, 0.4) is 0 Å². The Morgan fingerprint density at radius 2 is 1.85 bits per heavy atom. The van der Waals surface area contributed by atoms with E-state index in [2.05, 4.69) is 0 Å². The molecule has 0 saturated carbocycles. The second-order valence-corrected chi connectivity index (χ2v) is 9.05. The molecule has 0 radical (unpaired) electrons. The molecule has 4 atom stereocenters. The number of carboxylic acid groups (broad SMARTS) is 1. The third-order valence-electron chi connectivity index (χ3n) is 5.05. The van der Waals surface area contributed by atoms with Gasteiger partial charge in [-0.15, -0.1) is 11.8 Å². The number of carbonyl (C=O) groups is 3. The number of carboxylic acids is 1. The maximum Gasteiger partial charge on any atom is 1.00 e. The van der Waals surface area contributed by atoms with Crippen molar-refractivity contribution in [2.45, 2.75) is 43.0 Å². The second-order valence-electron chi connectivity index (χ2n) is 7.28. The molecule has 7 nitrogen and oxygen atoms in total. The number of carbonyl (C=O) groups excluding carboxylic acids is 3. The summed E-state index contributed by atoms with van der Waals surface area (Å²) in [4.78, 5) is 39.1. The first-order valence-corrected chi connectivity index (χ1v) is 9.17. The van der Waals surface area contributed by atoms with Gasteiger partial charge in [-0.05, 0) is 32.9 Å². The van der Waals surface area contributed by atoms with E-state index < -0.39 is 46.0 Å². The number of anilines is 1. The zero-order chi connectivity index (χ0) is 19.4. The smallest absolute Gasteiger partial charge is 0.548 e. The van der Waals surface area contributed by atoms with E-state index in [0.29, 0.717) is 5.69 Å². The van der Waals surface area contributed by atoms with Crippen molar-refractivity contribution in [2.24, 2.45) is 5.92 Å². The van der Waals surface area contributed by atoms with Crippen molar-refractivity contribution in [1.82, 2.24) is 4.90 Å². The largest absolute Gasteiger partial charge is 1.00 e. The molecule has 2 saturated heterocycles. The van der Waals surface area contributed by atoms with Crippen molar-refractivity contribution >= 4 is 35.2 Å². The number of β-lactam (4-membered cyclic amide) rings is 1. The molecule has 27 heavy (non-hydrogen) atoms. The minimum atomic E-state index is -1.53. The summed E-state index contributed by atoms with van der Waals surface area (Å²) in [5.74, 6) is -3.40. The van der Waals surface area contributed by atoms with Crippen LogP contribution < -0.4 is 39.6 Å². The fraction of sp³-hybridized carbons (Fsp3) is 0.500. The van der Waals surface area contributed by atoms with Gasteiger partial charge in [-0.2, -0.15) is 0 Å². The first-order chi connectivity index (χ1) is 12.1. The van der Waals surface area contributed by atoms with Gasteiger partial charge in [-0.25, -0.2) is 0 Å². The molecule has 9 heteroatoms. The van der Waals surface area contributed by atoms with E-state index in [9.17, 15) is 24.6 Å². The number of benzene rings is 1. The maximum atomic E-state index is 12.6. The van der Waals surface area contributed by atoms with Crippen LogP contribution in [0.4, 0.5) is 5.69 Å². The Kier molecular flexibility index (Phi) is 6.38. The summed E-state index contributed by atoms with van der Waals surface area (Å²) in [6.07, 6.45) is -1.53. The van der Waals surface area contributed by atoms with Gasteiger partial charge in [-0.1, -0.05) is 17.7 Å². The summed E-state index contributed by atoms with van der Waals surface area (Å²) in [5, 5.41) is 21.4. The Bertz CT molecular complexity index is 770. The van der Waals surface area contributed by atoms with Crippen molar-refractivity contribution in [1.29, 1.82) is 0 Å². The number of aliphatic hydroxyl groups excluding tert-OH is 1. The minimum Gasteiger partial charge on any atom is -0.548 e. The predicted molar refractivity (Wildman–Crippen MR) is 95.2 cm³/mol. The molecule has 2 fully saturated rings. The molecule has 2 aliphatic heterocycles. The average Bonchev–Trinajstić information content (AvgIpc) is 2.82. The summed E-state index contributed by atoms with van der Waals surface area (Å²) < 4.78 is -0.750. The SMILES string of the molecule is Cc1ccc(N(C)C(=O)[C@@H](O)[C@@H]2C(=O)N3[C@@H]2SC(C)(C)[C@@H]3C(=O)[O-])cc1.[Na+]. The molecule has 140 valence electrons. The van der Waals surface area contributed by atoms with Gasteiger partial charge < -0.3 is 24.8 Å². The topological polar surface area (TPSA) is 101 Å². The molecule has 1 aromatic carbocycles. The monoisotopic (exact) mass is 400 g/mol. The van der Waals surface area contributed by atoms with E-state index in [1.54, 1.807) is 26.0 Å². The van der Waals surface area contributed by atoms with E-state index in [4.69, 9.17) is 0 Å². The molecule has 0 spiro atoms. The molecule has 1 aromatic rings. The third-order valence-corrected chi connectivity index (χ3v) is 6.64. The molecule has 0 aromatic heterocycles. The van der Waals surface area contributed by atoms with Gasteiger partial charge in [0.2, 0.25) is 5.91 Å². The number of likely N-dealkylation sites (N-methyl/N-ethyl adjacent to an activating group) is 1. The van der Waals surface area contributed by atoms with E-state index in [-0.39, 0.29) is 29.6 Å². The van der Waals surface area contributed by atoms with E-state index >= 15 is 0 Å². The van der Waals surface area contributed by atoms with Crippen LogP contribution in [0.25, 0.3) is 0 Å². The summed E-state index contributed by atoms with van der Waals surface area (Å²) in [6.45, 7) is 5.36. The van der Waals surface area contributed by atoms with Crippen molar-refractivity contribution in [3.05, 3.63) is 29.8 Å². The zero-order valence-corrected chi connectivity index (χ0v) is 18.8. The van der Waals surface area contributed by atoms with E-state index in [1.807, 2.05) is 19.1 Å². The average molecular weight is 400 g/mol. The molecular formula is C18H21N2NaO5S. The summed E-state index contributed by atoms with van der Waals surface area (Å²) in [6, 6.07) is 6.14. The summed E-state index contributed by atoms with van der Waals surface area (Å²) >= 11 is 1.27. The Labute approximate surface area is 184 Å². The first kappa shape index (κ1) is 22.2. The molecule has 2 amide bonds. The Balaban J connectivity index is 0.00000261. The predicted octanol–water partition coefficient (Wildman–Crippen LogP) is -3.25. The third kappa shape index (κ3) is 3.65. The number of amides is 2. The van der Waals surface area contributed by atoms with Crippen molar-refractivity contribution < 1.29 is 54.2 Å². The normalized spacial score (nSPS) is 26.5. The van der Waals surface area contributed by atoms with Crippen LogP contribution >= 0.6 is 11.8 Å². The van der Waals surface area contributed by atoms with Gasteiger partial charge in [0, 0.05) is 17.5 Å². The summed E-state index contributed by atoms with van der Waals surface area (Å²) in [5.41, 5.74) is 1.65. The number of aliphatic carboxylic acids is 1. The second kappa shape index (κ2) is 7.75. The molecule has 1 N–H and O–H groups in total. The molecule has 2 aliphatic rings. The number of aryl methyl sites for hydroxylation is 1. The van der Waals surface area contributed by atoms with Crippen LogP contribution in [0.2, 0.25) is 0 Å². The van der Waals surface area contributed by atoms with E-state index in [1.165, 1.54) is 28.6 Å². The zero-order valence-electron chi connectivity index (χ0n) is 16.0. The number of nitrogens with zero attached hydrogens (tertiary/aromatic N) is 2. The molecule has 2 heterocycles. The molecule has 0 unspecified atom stereocenters. The van der Waals surface area contributed by atoms with Crippen molar-refractivity contribution in [3.8, 4) is 0 Å². The van der Waals surface area contributed by atoms with Gasteiger partial charge in [0.05, 0.1) is 17.4 Å². The van der Waals surface area contributed by atoms with Crippen molar-refractivity contribution in [3.63, 3.8) is 0 Å². The molecule has 0 aliphatic carbocycles. The Hall–Kier alpha value is -1.06. The van der Waals surface area contributed by atoms with Crippen molar-refractivity contribution in [2.75, 3.05) is 11.9 Å². The quantitative estimate of drug-likeness (QED) is 0.421. The van der Waals surface area contributed by atoms with Crippen LogP contribution in [0.15, 0.2) is 24.3 Å². The van der Waals surface area contributed by atoms with E-state index in [0.717, 1.165) is 5.56 Å². The van der Waals surface area contributed by atoms with Crippen LogP contribution in [0.1, 0.15) is 19.4 Å². The molecular weight excluding hydrogens is 379 g/mol. The van der Waals surface area contributed by atoms with Gasteiger partial charge in [0.25, 0.3) is 5.91 Å². The maximum absolute atomic E-state index is 12.6. The van der Waals surface area contributed by atoms with Crippen LogP contribution in [0.5, 0.6) is 0 Å². The minimum absolute atomic E-state index is 0. The molecule has 3 rings (SSSR count). The van der Waals surface area contributed by atoms with Gasteiger partial charge >= 0.3 is 29.6 Å². The fourth-order valence-corrected chi connectivity index (χ4v) is 5.27. The van der Waals surface area contributed by atoms with Gasteiger partial charge in [-0.3, -0.25) is 9.59 Å².